The molecule has 0 aromatic heterocycles. The lowest BCUT2D eigenvalue weighted by molar-refractivity contribution is -0.139. The van der Waals surface area contributed by atoms with Gasteiger partial charge in [-0.3, -0.25) is 9.69 Å². The Balaban J connectivity index is 2.45. The van der Waals surface area contributed by atoms with Crippen molar-refractivity contribution in [2.24, 2.45) is 5.92 Å². The summed E-state index contributed by atoms with van der Waals surface area (Å²) in [5.74, 6) is -0.100. The van der Waals surface area contributed by atoms with Gasteiger partial charge >= 0.3 is 5.97 Å². The van der Waals surface area contributed by atoms with E-state index in [0.717, 1.165) is 26.1 Å². The first-order valence-electron chi connectivity index (χ1n) is 5.26. The van der Waals surface area contributed by atoms with E-state index in [9.17, 15) is 4.79 Å². The van der Waals surface area contributed by atoms with Crippen LogP contribution in [0.5, 0.6) is 0 Å². The highest BCUT2D eigenvalue weighted by atomic mass is 16.4. The molecule has 1 heterocycles. The molecule has 0 aliphatic carbocycles. The van der Waals surface area contributed by atoms with Crippen LogP contribution in [0.25, 0.3) is 0 Å². The normalized spacial score (nSPS) is 24.1. The van der Waals surface area contributed by atoms with Crippen molar-refractivity contribution in [3.8, 4) is 0 Å². The Bertz CT molecular complexity index is 195. The second-order valence-corrected chi connectivity index (χ2v) is 4.35. The third-order valence-electron chi connectivity index (χ3n) is 2.55. The lowest BCUT2D eigenvalue weighted by Gasteiger charge is -2.36. The number of nitrogens with zero attached hydrogens (tertiary/aromatic N) is 1. The number of aliphatic carboxylic acids is 1. The largest absolute Gasteiger partial charge is 0.480 e. The number of rotatable bonds is 4. The summed E-state index contributed by atoms with van der Waals surface area (Å²) in [6, 6.07) is 0.389. The lowest BCUT2D eigenvalue weighted by Crippen LogP contribution is -2.53. The fraction of sp³-hybridized carbons (Fsp3) is 0.900. The molecule has 4 heteroatoms. The SMILES string of the molecule is CC(C)CC1CNCCN1CC(=O)O. The zero-order valence-corrected chi connectivity index (χ0v) is 8.99. The van der Waals surface area contributed by atoms with Crippen LogP contribution in [-0.4, -0.2) is 48.2 Å². The Labute approximate surface area is 85.3 Å². The summed E-state index contributed by atoms with van der Waals surface area (Å²) in [5.41, 5.74) is 0. The predicted molar refractivity (Wildman–Crippen MR) is 55.3 cm³/mol. The molecule has 1 unspecified atom stereocenters. The van der Waals surface area contributed by atoms with Gasteiger partial charge in [0.05, 0.1) is 6.54 Å². The van der Waals surface area contributed by atoms with Crippen LogP contribution in [0.4, 0.5) is 0 Å². The van der Waals surface area contributed by atoms with Gasteiger partial charge in [0, 0.05) is 25.7 Å². The first-order valence-corrected chi connectivity index (χ1v) is 5.26. The number of piperazine rings is 1. The quantitative estimate of drug-likeness (QED) is 0.689. The van der Waals surface area contributed by atoms with Crippen molar-refractivity contribution in [3.63, 3.8) is 0 Å². The van der Waals surface area contributed by atoms with Crippen molar-refractivity contribution in [2.45, 2.75) is 26.3 Å². The Morgan fingerprint density at radius 3 is 2.93 bits per heavy atom. The van der Waals surface area contributed by atoms with Crippen LogP contribution >= 0.6 is 0 Å². The van der Waals surface area contributed by atoms with Crippen molar-refractivity contribution in [1.29, 1.82) is 0 Å². The van der Waals surface area contributed by atoms with E-state index in [-0.39, 0.29) is 6.54 Å². The van der Waals surface area contributed by atoms with E-state index in [0.29, 0.717) is 12.0 Å². The summed E-state index contributed by atoms with van der Waals surface area (Å²) < 4.78 is 0. The zero-order valence-electron chi connectivity index (χ0n) is 8.99. The third-order valence-corrected chi connectivity index (χ3v) is 2.55. The standard InChI is InChI=1S/C10H20N2O2/c1-8(2)5-9-6-11-3-4-12(9)7-10(13)14/h8-9,11H,3-7H2,1-2H3,(H,13,14). The van der Waals surface area contributed by atoms with Crippen LogP contribution in [0.2, 0.25) is 0 Å². The van der Waals surface area contributed by atoms with Crippen LogP contribution in [0.1, 0.15) is 20.3 Å². The van der Waals surface area contributed by atoms with E-state index < -0.39 is 5.97 Å². The predicted octanol–water partition coefficient (Wildman–Crippen LogP) is 0.391. The first kappa shape index (κ1) is 11.5. The van der Waals surface area contributed by atoms with Gasteiger partial charge in [-0.1, -0.05) is 13.8 Å². The Kier molecular flexibility index (Phi) is 4.35. The van der Waals surface area contributed by atoms with Gasteiger partial charge in [0.1, 0.15) is 0 Å². The van der Waals surface area contributed by atoms with Gasteiger partial charge in [-0.15, -0.1) is 0 Å². The van der Waals surface area contributed by atoms with Crippen molar-refractivity contribution < 1.29 is 9.90 Å². The molecule has 0 aromatic rings. The third kappa shape index (κ3) is 3.64. The first-order chi connectivity index (χ1) is 6.59. The molecule has 1 aliphatic rings. The van der Waals surface area contributed by atoms with Crippen LogP contribution in [-0.2, 0) is 4.79 Å². The lowest BCUT2D eigenvalue weighted by atomic mass is 10.0. The Hall–Kier alpha value is -0.610. The minimum Gasteiger partial charge on any atom is -0.480 e. The zero-order chi connectivity index (χ0) is 10.6. The molecular formula is C10H20N2O2. The fourth-order valence-corrected chi connectivity index (χ4v) is 1.96. The molecule has 2 N–H and O–H groups in total. The fourth-order valence-electron chi connectivity index (χ4n) is 1.96. The number of carbonyl (C=O) groups is 1. The van der Waals surface area contributed by atoms with Gasteiger partial charge in [0.15, 0.2) is 0 Å². The molecule has 1 aliphatic heterocycles. The van der Waals surface area contributed by atoms with E-state index in [2.05, 4.69) is 24.1 Å². The molecule has 4 nitrogen and oxygen atoms in total. The summed E-state index contributed by atoms with van der Waals surface area (Å²) in [6.45, 7) is 7.21. The number of carboxylic acids is 1. The molecule has 1 atom stereocenters. The number of hydrogen-bond donors (Lipinski definition) is 2. The molecule has 0 bridgehead atoms. The average molecular weight is 200 g/mol. The molecule has 0 amide bonds. The summed E-state index contributed by atoms with van der Waals surface area (Å²) in [5, 5.41) is 12.1. The van der Waals surface area contributed by atoms with Gasteiger partial charge < -0.3 is 10.4 Å². The topological polar surface area (TPSA) is 52.6 Å². The van der Waals surface area contributed by atoms with Crippen LogP contribution in [0, 0.1) is 5.92 Å². The molecule has 0 spiro atoms. The second-order valence-electron chi connectivity index (χ2n) is 4.35. The van der Waals surface area contributed by atoms with E-state index in [1.165, 1.54) is 0 Å². The van der Waals surface area contributed by atoms with Gasteiger partial charge in [0.25, 0.3) is 0 Å². The van der Waals surface area contributed by atoms with Crippen LogP contribution < -0.4 is 5.32 Å². The van der Waals surface area contributed by atoms with Gasteiger partial charge in [-0.2, -0.15) is 0 Å². The summed E-state index contributed by atoms with van der Waals surface area (Å²) >= 11 is 0. The van der Waals surface area contributed by atoms with Gasteiger partial charge in [-0.25, -0.2) is 0 Å². The van der Waals surface area contributed by atoms with Crippen LogP contribution in [0.3, 0.4) is 0 Å². The van der Waals surface area contributed by atoms with Crippen molar-refractivity contribution in [2.75, 3.05) is 26.2 Å². The summed E-state index contributed by atoms with van der Waals surface area (Å²) in [4.78, 5) is 12.7. The van der Waals surface area contributed by atoms with Crippen molar-refractivity contribution in [1.82, 2.24) is 10.2 Å². The monoisotopic (exact) mass is 200 g/mol. The molecule has 82 valence electrons. The minimum absolute atomic E-state index is 0.180. The van der Waals surface area contributed by atoms with E-state index in [4.69, 9.17) is 5.11 Å². The highest BCUT2D eigenvalue weighted by molar-refractivity contribution is 5.69. The molecule has 1 fully saturated rings. The van der Waals surface area contributed by atoms with E-state index in [1.807, 2.05) is 0 Å². The average Bonchev–Trinajstić information content (AvgIpc) is 2.06. The van der Waals surface area contributed by atoms with Crippen molar-refractivity contribution >= 4 is 5.97 Å². The van der Waals surface area contributed by atoms with Crippen LogP contribution in [0.15, 0.2) is 0 Å². The Morgan fingerprint density at radius 1 is 1.64 bits per heavy atom. The molecule has 0 aromatic carbocycles. The summed E-state index contributed by atoms with van der Waals surface area (Å²) in [7, 11) is 0. The summed E-state index contributed by atoms with van der Waals surface area (Å²) in [6.07, 6.45) is 1.07. The molecule has 0 saturated carbocycles. The van der Waals surface area contributed by atoms with E-state index in [1.54, 1.807) is 0 Å². The highest BCUT2D eigenvalue weighted by Crippen LogP contribution is 2.12. The maximum absolute atomic E-state index is 10.6. The maximum Gasteiger partial charge on any atom is 0.317 e. The minimum atomic E-state index is -0.722. The van der Waals surface area contributed by atoms with Gasteiger partial charge in [-0.05, 0) is 12.3 Å². The molecule has 0 radical (unpaired) electrons. The smallest absolute Gasteiger partial charge is 0.317 e. The number of nitrogens with one attached hydrogen (secondary N) is 1. The van der Waals surface area contributed by atoms with E-state index >= 15 is 0 Å². The number of carboxylic acid groups (broad SMARTS) is 1. The molecule has 1 saturated heterocycles. The molecule has 14 heavy (non-hydrogen) atoms. The maximum atomic E-state index is 10.6. The molecule has 1 rings (SSSR count). The number of hydrogen-bond acceptors (Lipinski definition) is 3. The van der Waals surface area contributed by atoms with Gasteiger partial charge in [0.2, 0.25) is 0 Å². The molecular weight excluding hydrogens is 180 g/mol. The second kappa shape index (κ2) is 5.32. The highest BCUT2D eigenvalue weighted by Gasteiger charge is 2.24. The Morgan fingerprint density at radius 2 is 2.36 bits per heavy atom. The van der Waals surface area contributed by atoms with Crippen molar-refractivity contribution in [3.05, 3.63) is 0 Å².